The zero-order chi connectivity index (χ0) is 12.7. The molecule has 0 aliphatic heterocycles. The van der Waals surface area contributed by atoms with E-state index >= 15 is 0 Å². The summed E-state index contributed by atoms with van der Waals surface area (Å²) in [5, 5.41) is 3.75. The van der Waals surface area contributed by atoms with Crippen molar-refractivity contribution >= 4 is 0 Å². The van der Waals surface area contributed by atoms with E-state index in [1.807, 2.05) is 7.11 Å². The summed E-state index contributed by atoms with van der Waals surface area (Å²) < 4.78 is 5.60. The molecular formula is C15H31NO. The first-order chi connectivity index (χ1) is 8.09. The molecule has 1 atom stereocenters. The molecule has 1 N–H and O–H groups in total. The van der Waals surface area contributed by atoms with Gasteiger partial charge in [0.25, 0.3) is 0 Å². The molecule has 2 heteroatoms. The second-order valence-corrected chi connectivity index (χ2v) is 6.13. The van der Waals surface area contributed by atoms with Crippen LogP contribution in [-0.2, 0) is 4.74 Å². The molecule has 17 heavy (non-hydrogen) atoms. The predicted octanol–water partition coefficient (Wildman–Crippen LogP) is 3.75. The second-order valence-electron chi connectivity index (χ2n) is 6.13. The fourth-order valence-electron chi connectivity index (χ4n) is 2.88. The monoisotopic (exact) mass is 241 g/mol. The van der Waals surface area contributed by atoms with Crippen LogP contribution in [0.1, 0.15) is 65.7 Å². The predicted molar refractivity (Wildman–Crippen MR) is 74.4 cm³/mol. The van der Waals surface area contributed by atoms with E-state index < -0.39 is 0 Å². The fraction of sp³-hybridized carbons (Fsp3) is 1.00. The van der Waals surface area contributed by atoms with Crippen LogP contribution in [0.2, 0.25) is 0 Å². The Labute approximate surface area is 108 Å². The zero-order valence-electron chi connectivity index (χ0n) is 12.2. The molecule has 1 aliphatic rings. The summed E-state index contributed by atoms with van der Waals surface area (Å²) in [7, 11) is 1.83. The van der Waals surface area contributed by atoms with Gasteiger partial charge >= 0.3 is 0 Å². The smallest absolute Gasteiger partial charge is 0.0637 e. The summed E-state index contributed by atoms with van der Waals surface area (Å²) in [5.74, 6) is 0.865. The van der Waals surface area contributed by atoms with Crippen molar-refractivity contribution in [3.8, 4) is 0 Å². The molecule has 0 aromatic heterocycles. The van der Waals surface area contributed by atoms with E-state index in [9.17, 15) is 0 Å². The van der Waals surface area contributed by atoms with Crippen LogP contribution in [0.4, 0.5) is 0 Å². The highest BCUT2D eigenvalue weighted by atomic mass is 16.5. The maximum Gasteiger partial charge on any atom is 0.0637 e. The molecule has 0 aromatic carbocycles. The number of rotatable bonds is 7. The minimum Gasteiger partial charge on any atom is -0.379 e. The minimum absolute atomic E-state index is 0.00283. The van der Waals surface area contributed by atoms with Gasteiger partial charge in [-0.3, -0.25) is 0 Å². The molecule has 102 valence electrons. The Morgan fingerprint density at radius 1 is 1.24 bits per heavy atom. The maximum atomic E-state index is 5.60. The van der Waals surface area contributed by atoms with Crippen LogP contribution in [0.5, 0.6) is 0 Å². The van der Waals surface area contributed by atoms with Crippen LogP contribution in [0, 0.1) is 5.92 Å². The summed E-state index contributed by atoms with van der Waals surface area (Å²) in [6, 6.07) is 0.644. The Morgan fingerprint density at radius 3 is 2.41 bits per heavy atom. The summed E-state index contributed by atoms with van der Waals surface area (Å²) in [6.07, 6.45) is 9.43. The average Bonchev–Trinajstić information content (AvgIpc) is 2.35. The highest BCUT2D eigenvalue weighted by Gasteiger charge is 2.29. The third-order valence-electron chi connectivity index (χ3n) is 4.14. The Kier molecular flexibility index (Phi) is 6.50. The van der Waals surface area contributed by atoms with Gasteiger partial charge in [0.1, 0.15) is 0 Å². The van der Waals surface area contributed by atoms with Crippen molar-refractivity contribution in [2.24, 2.45) is 5.92 Å². The van der Waals surface area contributed by atoms with Crippen LogP contribution in [0.15, 0.2) is 0 Å². The van der Waals surface area contributed by atoms with E-state index in [0.717, 1.165) is 18.9 Å². The van der Waals surface area contributed by atoms with Crippen LogP contribution < -0.4 is 5.32 Å². The van der Waals surface area contributed by atoms with Crippen molar-refractivity contribution in [1.82, 2.24) is 5.32 Å². The van der Waals surface area contributed by atoms with Gasteiger partial charge in [-0.25, -0.2) is 0 Å². The van der Waals surface area contributed by atoms with Gasteiger partial charge in [-0.05, 0) is 52.0 Å². The lowest BCUT2D eigenvalue weighted by atomic mass is 9.80. The summed E-state index contributed by atoms with van der Waals surface area (Å²) in [5.41, 5.74) is 0.00283. The van der Waals surface area contributed by atoms with Gasteiger partial charge in [0.2, 0.25) is 0 Å². The first-order valence-corrected chi connectivity index (χ1v) is 7.37. The van der Waals surface area contributed by atoms with Gasteiger partial charge in [0.15, 0.2) is 0 Å². The molecule has 0 aromatic rings. The quantitative estimate of drug-likeness (QED) is 0.733. The van der Waals surface area contributed by atoms with E-state index in [2.05, 4.69) is 26.1 Å². The Bertz CT molecular complexity index is 197. The molecule has 1 saturated carbocycles. The normalized spacial score (nSPS) is 20.5. The molecule has 1 rings (SSSR count). The van der Waals surface area contributed by atoms with Gasteiger partial charge < -0.3 is 10.1 Å². The number of hydrogen-bond acceptors (Lipinski definition) is 2. The zero-order valence-corrected chi connectivity index (χ0v) is 12.2. The van der Waals surface area contributed by atoms with Crippen LogP contribution in [-0.4, -0.2) is 25.3 Å². The Morgan fingerprint density at radius 2 is 1.88 bits per heavy atom. The highest BCUT2D eigenvalue weighted by molar-refractivity contribution is 4.85. The molecule has 2 nitrogen and oxygen atoms in total. The summed E-state index contributed by atoms with van der Waals surface area (Å²) >= 11 is 0. The number of hydrogen-bond donors (Lipinski definition) is 1. The standard InChI is InChI=1S/C15H31NO/c1-5-11-16-14(12-15(2,3)17-4)13-9-7-6-8-10-13/h13-14,16H,5-12H2,1-4H3. The van der Waals surface area contributed by atoms with Crippen molar-refractivity contribution in [2.75, 3.05) is 13.7 Å². The lowest BCUT2D eigenvalue weighted by Gasteiger charge is -2.36. The SMILES string of the molecule is CCCNC(CC(C)(C)OC)C1CCCCC1. The van der Waals surface area contributed by atoms with E-state index in [1.165, 1.54) is 38.5 Å². The number of nitrogens with one attached hydrogen (secondary N) is 1. The minimum atomic E-state index is 0.00283. The van der Waals surface area contributed by atoms with Crippen molar-refractivity contribution in [2.45, 2.75) is 77.4 Å². The molecule has 1 fully saturated rings. The lowest BCUT2D eigenvalue weighted by molar-refractivity contribution is -0.000553. The summed E-state index contributed by atoms with van der Waals surface area (Å²) in [6.45, 7) is 7.79. The number of methoxy groups -OCH3 is 1. The molecule has 1 aliphatic carbocycles. The molecule has 0 heterocycles. The topological polar surface area (TPSA) is 21.3 Å². The van der Waals surface area contributed by atoms with Gasteiger partial charge in [0.05, 0.1) is 5.60 Å². The first-order valence-electron chi connectivity index (χ1n) is 7.37. The molecular weight excluding hydrogens is 210 g/mol. The van der Waals surface area contributed by atoms with Crippen molar-refractivity contribution in [1.29, 1.82) is 0 Å². The molecule has 1 unspecified atom stereocenters. The second kappa shape index (κ2) is 7.38. The lowest BCUT2D eigenvalue weighted by Crippen LogP contribution is -2.43. The largest absolute Gasteiger partial charge is 0.379 e. The van der Waals surface area contributed by atoms with Crippen LogP contribution in [0.3, 0.4) is 0 Å². The first kappa shape index (κ1) is 15.0. The average molecular weight is 241 g/mol. The summed E-state index contributed by atoms with van der Waals surface area (Å²) in [4.78, 5) is 0. The van der Waals surface area contributed by atoms with E-state index in [-0.39, 0.29) is 5.60 Å². The number of ether oxygens (including phenoxy) is 1. The van der Waals surface area contributed by atoms with Crippen molar-refractivity contribution in [3.63, 3.8) is 0 Å². The van der Waals surface area contributed by atoms with Gasteiger partial charge in [-0.15, -0.1) is 0 Å². The molecule has 0 saturated heterocycles. The molecule has 0 bridgehead atoms. The molecule has 0 amide bonds. The van der Waals surface area contributed by atoms with Gasteiger partial charge in [0, 0.05) is 13.2 Å². The van der Waals surface area contributed by atoms with Gasteiger partial charge in [-0.1, -0.05) is 26.2 Å². The fourth-order valence-corrected chi connectivity index (χ4v) is 2.88. The van der Waals surface area contributed by atoms with Crippen molar-refractivity contribution in [3.05, 3.63) is 0 Å². The third-order valence-corrected chi connectivity index (χ3v) is 4.14. The van der Waals surface area contributed by atoms with Crippen molar-refractivity contribution < 1.29 is 4.74 Å². The Hall–Kier alpha value is -0.0800. The van der Waals surface area contributed by atoms with E-state index in [4.69, 9.17) is 4.74 Å². The maximum absolute atomic E-state index is 5.60. The van der Waals surface area contributed by atoms with Crippen LogP contribution >= 0.6 is 0 Å². The van der Waals surface area contributed by atoms with E-state index in [0.29, 0.717) is 6.04 Å². The molecule has 0 spiro atoms. The van der Waals surface area contributed by atoms with Crippen LogP contribution in [0.25, 0.3) is 0 Å². The molecule has 0 radical (unpaired) electrons. The highest BCUT2D eigenvalue weighted by Crippen LogP contribution is 2.30. The Balaban J connectivity index is 2.52. The van der Waals surface area contributed by atoms with E-state index in [1.54, 1.807) is 0 Å². The van der Waals surface area contributed by atoms with Gasteiger partial charge in [-0.2, -0.15) is 0 Å². The third kappa shape index (κ3) is 5.39.